The fourth-order valence-corrected chi connectivity index (χ4v) is 3.47. The molecule has 4 aromatic rings. The molecule has 1 N–H and O–H groups in total. The Bertz CT molecular complexity index is 1100. The molecule has 0 fully saturated rings. The van der Waals surface area contributed by atoms with Crippen LogP contribution in [0.2, 0.25) is 0 Å². The molecule has 0 saturated carbocycles. The first kappa shape index (κ1) is 20.8. The number of tetrazole rings is 1. The number of nitrogens with zero attached hydrogens (tertiary/aromatic N) is 7. The smallest absolute Gasteiger partial charge is 0.181 e. The Balaban J connectivity index is 1.58. The number of hydrogen-bond donors (Lipinski definition) is 1. The van der Waals surface area contributed by atoms with Crippen molar-refractivity contribution in [3.05, 3.63) is 59.8 Å². The normalized spacial score (nSPS) is 12.2. The van der Waals surface area contributed by atoms with Crippen LogP contribution in [-0.2, 0) is 13.0 Å². The van der Waals surface area contributed by atoms with E-state index in [-0.39, 0.29) is 0 Å². The number of H-pyrrole nitrogens is 1. The highest BCUT2D eigenvalue weighted by molar-refractivity contribution is 5.76. The van der Waals surface area contributed by atoms with E-state index in [2.05, 4.69) is 75.3 Å². The number of aromatic nitrogens is 8. The molecular weight excluding hydrogens is 388 g/mol. The summed E-state index contributed by atoms with van der Waals surface area (Å²) in [5, 5.41) is 19.0. The summed E-state index contributed by atoms with van der Waals surface area (Å²) in [5.74, 6) is 2.96. The number of benzene rings is 1. The van der Waals surface area contributed by atoms with E-state index in [0.717, 1.165) is 60.7 Å². The van der Waals surface area contributed by atoms with Gasteiger partial charge in [-0.3, -0.25) is 4.98 Å². The van der Waals surface area contributed by atoms with Crippen LogP contribution in [0.25, 0.3) is 22.6 Å². The van der Waals surface area contributed by atoms with Gasteiger partial charge < -0.3 is 0 Å². The van der Waals surface area contributed by atoms with Crippen molar-refractivity contribution in [3.8, 4) is 22.6 Å². The molecular formula is C23H28N8. The maximum absolute atomic E-state index is 4.87. The second-order valence-electron chi connectivity index (χ2n) is 7.80. The Morgan fingerprint density at radius 1 is 1.10 bits per heavy atom. The lowest BCUT2D eigenvalue weighted by atomic mass is 10.0. The highest BCUT2D eigenvalue weighted by Crippen LogP contribution is 2.28. The Hall–Kier alpha value is -3.42. The zero-order valence-corrected chi connectivity index (χ0v) is 18.3. The molecule has 0 bridgehead atoms. The summed E-state index contributed by atoms with van der Waals surface area (Å²) in [5.41, 5.74) is 3.93. The van der Waals surface area contributed by atoms with Crippen molar-refractivity contribution in [1.29, 1.82) is 0 Å². The number of aryl methyl sites for hydroxylation is 1. The third-order valence-corrected chi connectivity index (χ3v) is 5.54. The molecule has 31 heavy (non-hydrogen) atoms. The SMILES string of the molecule is CCCCn1nc(C(C)CC)nc1Cc1ccc(-c2ncccc2-c2nnn[nH]2)cc1. The molecule has 0 radical (unpaired) electrons. The van der Waals surface area contributed by atoms with Crippen LogP contribution in [0.1, 0.15) is 63.2 Å². The van der Waals surface area contributed by atoms with Crippen LogP contribution in [0.3, 0.4) is 0 Å². The van der Waals surface area contributed by atoms with Gasteiger partial charge in [0.05, 0.1) is 5.69 Å². The van der Waals surface area contributed by atoms with Crippen LogP contribution in [0.5, 0.6) is 0 Å². The van der Waals surface area contributed by atoms with Crippen LogP contribution in [0.4, 0.5) is 0 Å². The third-order valence-electron chi connectivity index (χ3n) is 5.54. The number of hydrogen-bond acceptors (Lipinski definition) is 6. The summed E-state index contributed by atoms with van der Waals surface area (Å²) >= 11 is 0. The third kappa shape index (κ3) is 4.68. The molecule has 0 aliphatic rings. The molecule has 1 unspecified atom stereocenters. The van der Waals surface area contributed by atoms with Crippen LogP contribution >= 0.6 is 0 Å². The van der Waals surface area contributed by atoms with Crippen molar-refractivity contribution in [2.45, 2.75) is 58.9 Å². The lowest BCUT2D eigenvalue weighted by Gasteiger charge is -2.08. The highest BCUT2D eigenvalue weighted by atomic mass is 15.5. The topological polar surface area (TPSA) is 98.1 Å². The first-order valence-electron chi connectivity index (χ1n) is 10.9. The highest BCUT2D eigenvalue weighted by Gasteiger charge is 2.15. The number of pyridine rings is 1. The molecule has 0 spiro atoms. The van der Waals surface area contributed by atoms with E-state index in [0.29, 0.717) is 11.7 Å². The molecule has 160 valence electrons. The molecule has 8 nitrogen and oxygen atoms in total. The predicted molar refractivity (Wildman–Crippen MR) is 119 cm³/mol. The molecule has 8 heteroatoms. The lowest BCUT2D eigenvalue weighted by Crippen LogP contribution is -2.06. The maximum Gasteiger partial charge on any atom is 0.181 e. The fraction of sp³-hybridized carbons (Fsp3) is 0.391. The second-order valence-corrected chi connectivity index (χ2v) is 7.80. The minimum atomic E-state index is 0.372. The average Bonchev–Trinajstić information content (AvgIpc) is 3.48. The van der Waals surface area contributed by atoms with E-state index in [9.17, 15) is 0 Å². The summed E-state index contributed by atoms with van der Waals surface area (Å²) in [6, 6.07) is 12.3. The first-order valence-corrected chi connectivity index (χ1v) is 10.9. The van der Waals surface area contributed by atoms with Crippen LogP contribution in [0, 0.1) is 0 Å². The van der Waals surface area contributed by atoms with Crippen molar-refractivity contribution >= 4 is 0 Å². The van der Waals surface area contributed by atoms with Crippen LogP contribution in [-0.4, -0.2) is 40.4 Å². The zero-order chi connectivity index (χ0) is 21.6. The Kier molecular flexibility index (Phi) is 6.45. The standard InChI is InChI=1S/C23H28N8/c1-4-6-14-31-20(25-22(28-31)16(3)5-2)15-17-9-11-18(12-10-17)21-19(8-7-13-24-21)23-26-29-30-27-23/h7-13,16H,4-6,14-15H2,1-3H3,(H,26,27,29,30). The van der Waals surface area contributed by atoms with Crippen LogP contribution < -0.4 is 0 Å². The number of rotatable bonds is 9. The first-order chi connectivity index (χ1) is 15.2. The second kappa shape index (κ2) is 9.59. The zero-order valence-electron chi connectivity index (χ0n) is 18.3. The van der Waals surface area contributed by atoms with Crippen LogP contribution in [0.15, 0.2) is 42.6 Å². The molecule has 4 rings (SSSR count). The van der Waals surface area contributed by atoms with E-state index >= 15 is 0 Å². The van der Waals surface area contributed by atoms with E-state index < -0.39 is 0 Å². The van der Waals surface area contributed by atoms with E-state index in [1.54, 1.807) is 6.20 Å². The molecule has 3 heterocycles. The summed E-state index contributed by atoms with van der Waals surface area (Å²) < 4.78 is 2.09. The molecule has 3 aromatic heterocycles. The van der Waals surface area contributed by atoms with Gasteiger partial charge in [-0.05, 0) is 41.0 Å². The molecule has 0 aliphatic carbocycles. The van der Waals surface area contributed by atoms with Crippen molar-refractivity contribution in [2.75, 3.05) is 0 Å². The summed E-state index contributed by atoms with van der Waals surface area (Å²) in [7, 11) is 0. The van der Waals surface area contributed by atoms with Gasteiger partial charge in [0.2, 0.25) is 0 Å². The minimum absolute atomic E-state index is 0.372. The van der Waals surface area contributed by atoms with Gasteiger partial charge in [-0.2, -0.15) is 5.10 Å². The van der Waals surface area contributed by atoms with Gasteiger partial charge in [0.15, 0.2) is 11.6 Å². The van der Waals surface area contributed by atoms with E-state index in [4.69, 9.17) is 10.1 Å². The van der Waals surface area contributed by atoms with Gasteiger partial charge in [-0.15, -0.1) is 5.10 Å². The molecule has 0 aliphatic heterocycles. The largest absolute Gasteiger partial charge is 0.255 e. The Morgan fingerprint density at radius 3 is 2.65 bits per heavy atom. The summed E-state index contributed by atoms with van der Waals surface area (Å²) in [6.45, 7) is 7.48. The van der Waals surface area contributed by atoms with Crippen molar-refractivity contribution in [3.63, 3.8) is 0 Å². The van der Waals surface area contributed by atoms with Gasteiger partial charge in [0.25, 0.3) is 0 Å². The molecule has 0 saturated heterocycles. The van der Waals surface area contributed by atoms with Gasteiger partial charge >= 0.3 is 0 Å². The van der Waals surface area contributed by atoms with Gasteiger partial charge in [-0.25, -0.2) is 14.8 Å². The minimum Gasteiger partial charge on any atom is -0.255 e. The van der Waals surface area contributed by atoms with E-state index in [1.807, 2.05) is 12.1 Å². The van der Waals surface area contributed by atoms with Gasteiger partial charge in [-0.1, -0.05) is 51.5 Å². The van der Waals surface area contributed by atoms with Crippen molar-refractivity contribution in [2.24, 2.45) is 0 Å². The van der Waals surface area contributed by atoms with Gasteiger partial charge in [0, 0.05) is 36.2 Å². The average molecular weight is 417 g/mol. The van der Waals surface area contributed by atoms with E-state index in [1.165, 1.54) is 5.56 Å². The molecule has 1 atom stereocenters. The lowest BCUT2D eigenvalue weighted by molar-refractivity contribution is 0.539. The summed E-state index contributed by atoms with van der Waals surface area (Å²) in [4.78, 5) is 9.43. The number of unbranched alkanes of at least 4 members (excludes halogenated alkanes) is 1. The Morgan fingerprint density at radius 2 is 1.94 bits per heavy atom. The van der Waals surface area contributed by atoms with Gasteiger partial charge in [0.1, 0.15) is 5.82 Å². The van der Waals surface area contributed by atoms with Crippen molar-refractivity contribution < 1.29 is 0 Å². The number of nitrogens with one attached hydrogen (secondary N) is 1. The Labute approximate surface area is 182 Å². The summed E-state index contributed by atoms with van der Waals surface area (Å²) in [6.07, 6.45) is 5.82. The maximum atomic E-state index is 4.87. The quantitative estimate of drug-likeness (QED) is 0.433. The molecule has 1 aromatic carbocycles. The monoisotopic (exact) mass is 416 g/mol. The predicted octanol–water partition coefficient (Wildman–Crippen LogP) is 4.42. The fourth-order valence-electron chi connectivity index (χ4n) is 3.47. The number of aromatic amines is 1. The molecule has 0 amide bonds. The van der Waals surface area contributed by atoms with Crippen molar-refractivity contribution in [1.82, 2.24) is 40.4 Å².